The van der Waals surface area contributed by atoms with Gasteiger partial charge >= 0.3 is 0 Å². The van der Waals surface area contributed by atoms with E-state index in [2.05, 4.69) is 35.1 Å². The van der Waals surface area contributed by atoms with E-state index in [-0.39, 0.29) is 18.1 Å². The van der Waals surface area contributed by atoms with Gasteiger partial charge in [-0.2, -0.15) is 0 Å². The summed E-state index contributed by atoms with van der Waals surface area (Å²) in [7, 11) is 0. The molecule has 2 aromatic carbocycles. The third-order valence-electron chi connectivity index (χ3n) is 4.69. The Morgan fingerprint density at radius 1 is 1.15 bits per heavy atom. The highest BCUT2D eigenvalue weighted by Crippen LogP contribution is 2.24. The van der Waals surface area contributed by atoms with E-state index in [1.807, 2.05) is 19.1 Å². The van der Waals surface area contributed by atoms with Crippen LogP contribution in [0.5, 0.6) is 0 Å². The van der Waals surface area contributed by atoms with E-state index in [1.54, 1.807) is 12.3 Å². The molecule has 136 valence electrons. The molecule has 0 aliphatic rings. The number of hydrogen-bond acceptors (Lipinski definition) is 2. The molecule has 4 nitrogen and oxygen atoms in total. The molecule has 0 radical (unpaired) electrons. The molecular weight excluding hydrogens is 329 g/mol. The van der Waals surface area contributed by atoms with Crippen LogP contribution in [0.4, 0.5) is 15.8 Å². The quantitative estimate of drug-likeness (QED) is 0.678. The van der Waals surface area contributed by atoms with Gasteiger partial charge in [-0.15, -0.1) is 0 Å². The fourth-order valence-electron chi connectivity index (χ4n) is 3.24. The summed E-state index contributed by atoms with van der Waals surface area (Å²) in [5.74, 6) is -0.421. The normalized spacial score (nSPS) is 10.9. The third-order valence-corrected chi connectivity index (χ3v) is 4.69. The molecule has 0 atom stereocenters. The van der Waals surface area contributed by atoms with Crippen molar-refractivity contribution in [3.63, 3.8) is 0 Å². The first-order valence-corrected chi connectivity index (χ1v) is 8.92. The number of nitrogens with zero attached hydrogens (tertiary/aromatic N) is 1. The highest BCUT2D eigenvalue weighted by atomic mass is 19.1. The van der Waals surface area contributed by atoms with Crippen LogP contribution in [0.25, 0.3) is 10.9 Å². The second-order valence-electron chi connectivity index (χ2n) is 6.40. The molecule has 0 fully saturated rings. The lowest BCUT2D eigenvalue weighted by molar-refractivity contribution is -0.115. The molecule has 0 aliphatic carbocycles. The highest BCUT2D eigenvalue weighted by Gasteiger charge is 2.12. The number of aryl methyl sites for hydroxylation is 1. The Labute approximate surface area is 153 Å². The Morgan fingerprint density at radius 3 is 2.62 bits per heavy atom. The summed E-state index contributed by atoms with van der Waals surface area (Å²) >= 11 is 0. The number of H-pyrrole nitrogens is 1. The fourth-order valence-corrected chi connectivity index (χ4v) is 3.24. The van der Waals surface area contributed by atoms with Crippen molar-refractivity contribution in [2.45, 2.75) is 27.2 Å². The maximum Gasteiger partial charge on any atom is 0.228 e. The summed E-state index contributed by atoms with van der Waals surface area (Å²) in [6.45, 7) is 8.12. The largest absolute Gasteiger partial charge is 0.372 e. The zero-order valence-corrected chi connectivity index (χ0v) is 15.4. The molecule has 0 saturated heterocycles. The number of fused-ring (bicyclic) bond motifs is 1. The van der Waals surface area contributed by atoms with Gasteiger partial charge in [0.25, 0.3) is 0 Å². The molecule has 3 rings (SSSR count). The van der Waals surface area contributed by atoms with E-state index in [9.17, 15) is 9.18 Å². The summed E-state index contributed by atoms with van der Waals surface area (Å²) in [6.07, 6.45) is 1.96. The smallest absolute Gasteiger partial charge is 0.228 e. The number of amides is 1. The predicted molar refractivity (Wildman–Crippen MR) is 105 cm³/mol. The maximum atomic E-state index is 13.5. The van der Waals surface area contributed by atoms with Crippen LogP contribution < -0.4 is 10.2 Å². The van der Waals surface area contributed by atoms with Gasteiger partial charge in [0.05, 0.1) is 6.42 Å². The van der Waals surface area contributed by atoms with Gasteiger partial charge in [0.15, 0.2) is 0 Å². The maximum absolute atomic E-state index is 13.5. The summed E-state index contributed by atoms with van der Waals surface area (Å²) < 4.78 is 13.5. The standard InChI is InChI=1S/C21H24FN3O/c1-4-25(5-2)17-7-9-19(14(3)10-17)24-21(26)11-15-13-23-20-8-6-16(22)12-18(15)20/h6-10,12-13,23H,4-5,11H2,1-3H3,(H,24,26). The lowest BCUT2D eigenvalue weighted by Crippen LogP contribution is -2.22. The Morgan fingerprint density at radius 2 is 1.92 bits per heavy atom. The van der Waals surface area contributed by atoms with Crippen LogP contribution in [0.15, 0.2) is 42.6 Å². The van der Waals surface area contributed by atoms with E-state index in [0.29, 0.717) is 0 Å². The topological polar surface area (TPSA) is 48.1 Å². The molecule has 0 saturated carbocycles. The number of carbonyl (C=O) groups excluding carboxylic acids is 1. The van der Waals surface area contributed by atoms with E-state index < -0.39 is 0 Å². The summed E-state index contributed by atoms with van der Waals surface area (Å²) in [5.41, 5.74) is 4.59. The van der Waals surface area contributed by atoms with Crippen molar-refractivity contribution < 1.29 is 9.18 Å². The van der Waals surface area contributed by atoms with Gasteiger partial charge in [-0.25, -0.2) is 4.39 Å². The van der Waals surface area contributed by atoms with Crippen LogP contribution in [0, 0.1) is 12.7 Å². The third kappa shape index (κ3) is 3.72. The second-order valence-corrected chi connectivity index (χ2v) is 6.40. The Hall–Kier alpha value is -2.82. The number of benzene rings is 2. The van der Waals surface area contributed by atoms with Crippen LogP contribution in [0.2, 0.25) is 0 Å². The molecule has 1 heterocycles. The second kappa shape index (κ2) is 7.60. The highest BCUT2D eigenvalue weighted by molar-refractivity contribution is 5.96. The molecule has 2 N–H and O–H groups in total. The summed E-state index contributed by atoms with van der Waals surface area (Å²) in [4.78, 5) is 17.8. The van der Waals surface area contributed by atoms with Crippen molar-refractivity contribution in [1.82, 2.24) is 4.98 Å². The number of hydrogen-bond donors (Lipinski definition) is 2. The molecule has 0 aliphatic heterocycles. The zero-order chi connectivity index (χ0) is 18.7. The van der Waals surface area contributed by atoms with Crippen molar-refractivity contribution >= 4 is 28.2 Å². The number of anilines is 2. The molecule has 0 bridgehead atoms. The van der Waals surface area contributed by atoms with E-state index in [4.69, 9.17) is 0 Å². The first-order valence-electron chi connectivity index (χ1n) is 8.92. The molecule has 26 heavy (non-hydrogen) atoms. The lowest BCUT2D eigenvalue weighted by Gasteiger charge is -2.22. The van der Waals surface area contributed by atoms with Gasteiger partial charge in [0.1, 0.15) is 5.82 Å². The number of carbonyl (C=O) groups is 1. The molecular formula is C21H24FN3O. The minimum atomic E-state index is -0.304. The monoisotopic (exact) mass is 353 g/mol. The van der Waals surface area contributed by atoms with Crippen molar-refractivity contribution in [2.75, 3.05) is 23.3 Å². The SMILES string of the molecule is CCN(CC)c1ccc(NC(=O)Cc2c[nH]c3ccc(F)cc23)c(C)c1. The van der Waals surface area contributed by atoms with Crippen LogP contribution in [-0.4, -0.2) is 24.0 Å². The number of aromatic nitrogens is 1. The molecule has 5 heteroatoms. The van der Waals surface area contributed by atoms with Crippen LogP contribution >= 0.6 is 0 Å². The van der Waals surface area contributed by atoms with Gasteiger partial charge < -0.3 is 15.2 Å². The van der Waals surface area contributed by atoms with Gasteiger partial charge in [-0.1, -0.05) is 0 Å². The molecule has 1 amide bonds. The lowest BCUT2D eigenvalue weighted by atomic mass is 10.1. The van der Waals surface area contributed by atoms with Gasteiger partial charge in [-0.05, 0) is 68.3 Å². The van der Waals surface area contributed by atoms with E-state index in [1.165, 1.54) is 12.1 Å². The number of nitrogens with one attached hydrogen (secondary N) is 2. The molecule has 1 aromatic heterocycles. The molecule has 0 spiro atoms. The minimum absolute atomic E-state index is 0.117. The zero-order valence-electron chi connectivity index (χ0n) is 15.4. The Kier molecular flexibility index (Phi) is 5.26. The van der Waals surface area contributed by atoms with E-state index in [0.717, 1.165) is 46.5 Å². The number of rotatable bonds is 6. The van der Waals surface area contributed by atoms with Crippen molar-refractivity contribution in [3.8, 4) is 0 Å². The summed E-state index contributed by atoms with van der Waals surface area (Å²) in [6, 6.07) is 10.6. The predicted octanol–water partition coefficient (Wildman–Crippen LogP) is 4.64. The van der Waals surface area contributed by atoms with Crippen molar-refractivity contribution in [1.29, 1.82) is 0 Å². The fraction of sp³-hybridized carbons (Fsp3) is 0.286. The van der Waals surface area contributed by atoms with Crippen LogP contribution in [-0.2, 0) is 11.2 Å². The first-order chi connectivity index (χ1) is 12.5. The minimum Gasteiger partial charge on any atom is -0.372 e. The summed E-state index contributed by atoms with van der Waals surface area (Å²) in [5, 5.41) is 3.71. The number of halogens is 1. The van der Waals surface area contributed by atoms with Crippen molar-refractivity contribution in [2.24, 2.45) is 0 Å². The average molecular weight is 353 g/mol. The van der Waals surface area contributed by atoms with Crippen LogP contribution in [0.3, 0.4) is 0 Å². The van der Waals surface area contributed by atoms with Gasteiger partial charge in [-0.3, -0.25) is 4.79 Å². The Bertz CT molecular complexity index is 928. The first kappa shape index (κ1) is 18.0. The van der Waals surface area contributed by atoms with Gasteiger partial charge in [0, 0.05) is 41.6 Å². The average Bonchev–Trinajstić information content (AvgIpc) is 3.00. The van der Waals surface area contributed by atoms with Gasteiger partial charge in [0.2, 0.25) is 5.91 Å². The van der Waals surface area contributed by atoms with Crippen molar-refractivity contribution in [3.05, 3.63) is 59.5 Å². The Balaban J connectivity index is 1.74. The van der Waals surface area contributed by atoms with Crippen LogP contribution in [0.1, 0.15) is 25.0 Å². The molecule has 3 aromatic rings. The van der Waals surface area contributed by atoms with E-state index >= 15 is 0 Å². The molecule has 0 unspecified atom stereocenters. The number of aromatic amines is 1.